The molecule has 0 aliphatic carbocycles. The Balaban J connectivity index is 2.29. The SMILES string of the molecule is Cc1ccc(CN(CCO)c2cc(C)nc(C(C)C)n2)cc1. The van der Waals surface area contributed by atoms with Gasteiger partial charge in [0, 0.05) is 30.8 Å². The van der Waals surface area contributed by atoms with Crippen molar-refractivity contribution in [1.29, 1.82) is 0 Å². The van der Waals surface area contributed by atoms with Gasteiger partial charge in [-0.15, -0.1) is 0 Å². The summed E-state index contributed by atoms with van der Waals surface area (Å²) in [4.78, 5) is 11.3. The molecular weight excluding hydrogens is 274 g/mol. The number of hydrogen-bond donors (Lipinski definition) is 1. The number of anilines is 1. The van der Waals surface area contributed by atoms with Crippen molar-refractivity contribution >= 4 is 5.82 Å². The monoisotopic (exact) mass is 299 g/mol. The van der Waals surface area contributed by atoms with Crippen LogP contribution in [0.1, 0.15) is 42.4 Å². The third-order valence-corrected chi connectivity index (χ3v) is 3.56. The normalized spacial score (nSPS) is 11.0. The molecule has 1 aromatic carbocycles. The van der Waals surface area contributed by atoms with Crippen molar-refractivity contribution in [3.05, 3.63) is 53.0 Å². The van der Waals surface area contributed by atoms with Crippen molar-refractivity contribution in [2.75, 3.05) is 18.1 Å². The van der Waals surface area contributed by atoms with E-state index in [1.165, 1.54) is 11.1 Å². The first-order valence-corrected chi connectivity index (χ1v) is 7.76. The van der Waals surface area contributed by atoms with E-state index < -0.39 is 0 Å². The Labute approximate surface area is 132 Å². The summed E-state index contributed by atoms with van der Waals surface area (Å²) in [6.07, 6.45) is 0. The van der Waals surface area contributed by atoms with Crippen LogP contribution >= 0.6 is 0 Å². The van der Waals surface area contributed by atoms with Gasteiger partial charge in [-0.2, -0.15) is 0 Å². The first-order valence-electron chi connectivity index (χ1n) is 7.76. The maximum Gasteiger partial charge on any atom is 0.133 e. The van der Waals surface area contributed by atoms with Crippen LogP contribution in [0.4, 0.5) is 5.82 Å². The molecule has 0 fully saturated rings. The summed E-state index contributed by atoms with van der Waals surface area (Å²) < 4.78 is 0. The zero-order chi connectivity index (χ0) is 16.1. The van der Waals surface area contributed by atoms with Crippen LogP contribution in [0.15, 0.2) is 30.3 Å². The molecule has 0 radical (unpaired) electrons. The van der Waals surface area contributed by atoms with Gasteiger partial charge in [-0.3, -0.25) is 0 Å². The van der Waals surface area contributed by atoms with Gasteiger partial charge in [0.15, 0.2) is 0 Å². The average Bonchev–Trinajstić information content (AvgIpc) is 2.48. The Kier molecular flexibility index (Phi) is 5.50. The average molecular weight is 299 g/mol. The van der Waals surface area contributed by atoms with Crippen LogP contribution in [0, 0.1) is 13.8 Å². The Morgan fingerprint density at radius 3 is 2.36 bits per heavy atom. The lowest BCUT2D eigenvalue weighted by Gasteiger charge is -2.24. The Bertz CT molecular complexity index is 608. The largest absolute Gasteiger partial charge is 0.395 e. The third-order valence-electron chi connectivity index (χ3n) is 3.56. The fraction of sp³-hybridized carbons (Fsp3) is 0.444. The molecule has 0 saturated heterocycles. The highest BCUT2D eigenvalue weighted by Gasteiger charge is 2.12. The Morgan fingerprint density at radius 2 is 1.77 bits per heavy atom. The number of aryl methyl sites for hydroxylation is 2. The quantitative estimate of drug-likeness (QED) is 0.890. The minimum absolute atomic E-state index is 0.103. The van der Waals surface area contributed by atoms with Crippen LogP contribution in [-0.2, 0) is 6.54 Å². The molecule has 0 saturated carbocycles. The van der Waals surface area contributed by atoms with E-state index >= 15 is 0 Å². The lowest BCUT2D eigenvalue weighted by molar-refractivity contribution is 0.301. The summed E-state index contributed by atoms with van der Waals surface area (Å²) in [6, 6.07) is 10.4. The number of nitrogens with zero attached hydrogens (tertiary/aromatic N) is 3. The molecule has 0 aliphatic rings. The van der Waals surface area contributed by atoms with Crippen LogP contribution < -0.4 is 4.90 Å². The standard InChI is InChI=1S/C18H25N3O/c1-13(2)18-19-15(4)11-17(20-18)21(9-10-22)12-16-7-5-14(3)6-8-16/h5-8,11,13,22H,9-10,12H2,1-4H3. The maximum atomic E-state index is 9.38. The van der Waals surface area contributed by atoms with Crippen molar-refractivity contribution in [3.63, 3.8) is 0 Å². The van der Waals surface area contributed by atoms with Gasteiger partial charge in [-0.25, -0.2) is 9.97 Å². The predicted molar refractivity (Wildman–Crippen MR) is 90.2 cm³/mol. The van der Waals surface area contributed by atoms with Crippen LogP contribution in [-0.4, -0.2) is 28.2 Å². The minimum Gasteiger partial charge on any atom is -0.395 e. The highest BCUT2D eigenvalue weighted by Crippen LogP contribution is 2.19. The molecule has 0 unspecified atom stereocenters. The number of aliphatic hydroxyl groups is 1. The van der Waals surface area contributed by atoms with Crippen molar-refractivity contribution in [1.82, 2.24) is 9.97 Å². The molecule has 2 aromatic rings. The maximum absolute atomic E-state index is 9.38. The van der Waals surface area contributed by atoms with E-state index in [0.717, 1.165) is 23.9 Å². The van der Waals surface area contributed by atoms with Crippen LogP contribution in [0.5, 0.6) is 0 Å². The van der Waals surface area contributed by atoms with Crippen LogP contribution in [0.25, 0.3) is 0 Å². The van der Waals surface area contributed by atoms with Gasteiger partial charge in [-0.1, -0.05) is 43.7 Å². The molecule has 0 aliphatic heterocycles. The molecule has 1 aromatic heterocycles. The van der Waals surface area contributed by atoms with E-state index in [0.29, 0.717) is 6.54 Å². The molecule has 1 N–H and O–H groups in total. The summed E-state index contributed by atoms with van der Waals surface area (Å²) >= 11 is 0. The van der Waals surface area contributed by atoms with Gasteiger partial charge < -0.3 is 10.0 Å². The number of hydrogen-bond acceptors (Lipinski definition) is 4. The topological polar surface area (TPSA) is 49.2 Å². The molecule has 0 bridgehead atoms. The van der Waals surface area contributed by atoms with Crippen molar-refractivity contribution in [3.8, 4) is 0 Å². The summed E-state index contributed by atoms with van der Waals surface area (Å²) in [5, 5.41) is 9.38. The molecule has 4 heteroatoms. The van der Waals surface area contributed by atoms with E-state index in [9.17, 15) is 5.11 Å². The van der Waals surface area contributed by atoms with Crippen LogP contribution in [0.3, 0.4) is 0 Å². The molecule has 2 rings (SSSR count). The number of aliphatic hydroxyl groups excluding tert-OH is 1. The zero-order valence-corrected chi connectivity index (χ0v) is 13.9. The van der Waals surface area contributed by atoms with Crippen molar-refractivity contribution in [2.45, 2.75) is 40.2 Å². The summed E-state index contributed by atoms with van der Waals surface area (Å²) in [7, 11) is 0. The van der Waals surface area contributed by atoms with Gasteiger partial charge in [0.1, 0.15) is 11.6 Å². The van der Waals surface area contributed by atoms with Gasteiger partial charge in [0.05, 0.1) is 6.61 Å². The van der Waals surface area contributed by atoms with E-state index in [-0.39, 0.29) is 12.5 Å². The van der Waals surface area contributed by atoms with Crippen molar-refractivity contribution < 1.29 is 5.11 Å². The van der Waals surface area contributed by atoms with Gasteiger partial charge in [0.2, 0.25) is 0 Å². The predicted octanol–water partition coefficient (Wildman–Crippen LogP) is 3.22. The van der Waals surface area contributed by atoms with Crippen LogP contribution in [0.2, 0.25) is 0 Å². The highest BCUT2D eigenvalue weighted by molar-refractivity contribution is 5.41. The minimum atomic E-state index is 0.103. The van der Waals surface area contributed by atoms with Gasteiger partial charge in [-0.05, 0) is 19.4 Å². The molecule has 0 amide bonds. The second-order valence-electron chi connectivity index (χ2n) is 6.01. The number of benzene rings is 1. The molecule has 118 valence electrons. The molecular formula is C18H25N3O. The van der Waals surface area contributed by atoms with E-state index in [1.54, 1.807) is 0 Å². The Hall–Kier alpha value is -1.94. The molecule has 1 heterocycles. The van der Waals surface area contributed by atoms with Crippen molar-refractivity contribution in [2.24, 2.45) is 0 Å². The third kappa shape index (κ3) is 4.28. The number of rotatable bonds is 6. The van der Waals surface area contributed by atoms with E-state index in [4.69, 9.17) is 0 Å². The number of aromatic nitrogens is 2. The lowest BCUT2D eigenvalue weighted by atomic mass is 10.1. The molecule has 22 heavy (non-hydrogen) atoms. The fourth-order valence-electron chi connectivity index (χ4n) is 2.30. The smallest absolute Gasteiger partial charge is 0.133 e. The van der Waals surface area contributed by atoms with E-state index in [1.807, 2.05) is 13.0 Å². The second-order valence-corrected chi connectivity index (χ2v) is 6.01. The summed E-state index contributed by atoms with van der Waals surface area (Å²) in [5.41, 5.74) is 3.42. The fourth-order valence-corrected chi connectivity index (χ4v) is 2.30. The Morgan fingerprint density at radius 1 is 1.09 bits per heavy atom. The zero-order valence-electron chi connectivity index (χ0n) is 13.9. The van der Waals surface area contributed by atoms with Gasteiger partial charge >= 0.3 is 0 Å². The van der Waals surface area contributed by atoms with E-state index in [2.05, 4.69) is 59.9 Å². The summed E-state index contributed by atoms with van der Waals surface area (Å²) in [6.45, 7) is 9.64. The summed E-state index contributed by atoms with van der Waals surface area (Å²) in [5.74, 6) is 2.02. The second kappa shape index (κ2) is 7.36. The highest BCUT2D eigenvalue weighted by atomic mass is 16.3. The first-order chi connectivity index (χ1) is 10.5. The first kappa shape index (κ1) is 16.4. The molecule has 4 nitrogen and oxygen atoms in total. The molecule has 0 spiro atoms. The van der Waals surface area contributed by atoms with Gasteiger partial charge in [0.25, 0.3) is 0 Å². The molecule has 0 atom stereocenters. The lowest BCUT2D eigenvalue weighted by Crippen LogP contribution is -2.27.